The van der Waals surface area contributed by atoms with Gasteiger partial charge in [-0.1, -0.05) is 19.1 Å². The standard InChI is InChI=1S/C27H49NO/c1-7-18-29-25-16-12-22(13-17-25)9-8-21-10-14-23(15-11-21)24-19-26(2,3)28(6)27(4,5)20-24/h8-9,21-25H,7,10-20H2,1-6H3/b9-8+. The molecule has 0 aromatic carbocycles. The SMILES string of the molecule is CCCOC1CCC(/C=C/C2CCC(C3CC(C)(C)N(C)C(C)(C)C3)CC2)CC1. The molecular formula is C27H49NO. The van der Waals surface area contributed by atoms with Crippen molar-refractivity contribution < 1.29 is 4.74 Å². The summed E-state index contributed by atoms with van der Waals surface area (Å²) in [4.78, 5) is 2.63. The van der Waals surface area contributed by atoms with Gasteiger partial charge in [0.15, 0.2) is 0 Å². The molecule has 1 heterocycles. The summed E-state index contributed by atoms with van der Waals surface area (Å²) in [6, 6.07) is 0. The largest absolute Gasteiger partial charge is 0.378 e. The molecule has 1 aliphatic heterocycles. The Bertz CT molecular complexity index is 503. The smallest absolute Gasteiger partial charge is 0.0575 e. The molecule has 0 atom stereocenters. The molecule has 0 amide bonds. The van der Waals surface area contributed by atoms with Crippen LogP contribution in [0.2, 0.25) is 0 Å². The third-order valence-electron chi connectivity index (χ3n) is 8.75. The van der Waals surface area contributed by atoms with Crippen LogP contribution in [-0.4, -0.2) is 35.7 Å². The summed E-state index contributed by atoms with van der Waals surface area (Å²) in [7, 11) is 2.33. The number of nitrogens with zero attached hydrogens (tertiary/aromatic N) is 1. The monoisotopic (exact) mass is 403 g/mol. The van der Waals surface area contributed by atoms with E-state index in [1.165, 1.54) is 64.2 Å². The van der Waals surface area contributed by atoms with Crippen LogP contribution >= 0.6 is 0 Å². The van der Waals surface area contributed by atoms with Crippen molar-refractivity contribution in [3.05, 3.63) is 12.2 Å². The van der Waals surface area contributed by atoms with Gasteiger partial charge in [0.25, 0.3) is 0 Å². The molecule has 3 rings (SSSR count). The van der Waals surface area contributed by atoms with Gasteiger partial charge in [-0.2, -0.15) is 0 Å². The van der Waals surface area contributed by atoms with Gasteiger partial charge in [-0.25, -0.2) is 0 Å². The molecule has 3 fully saturated rings. The molecule has 29 heavy (non-hydrogen) atoms. The van der Waals surface area contributed by atoms with E-state index in [0.717, 1.165) is 36.7 Å². The van der Waals surface area contributed by atoms with Crippen LogP contribution < -0.4 is 0 Å². The van der Waals surface area contributed by atoms with Crippen molar-refractivity contribution in [3.8, 4) is 0 Å². The molecule has 2 nitrogen and oxygen atoms in total. The second-order valence-corrected chi connectivity index (χ2v) is 11.8. The summed E-state index contributed by atoms with van der Waals surface area (Å²) < 4.78 is 5.95. The zero-order chi connectivity index (χ0) is 21.1. The minimum atomic E-state index is 0.336. The first kappa shape index (κ1) is 23.3. The number of ether oxygens (including phenoxy) is 1. The number of likely N-dealkylation sites (tertiary alicyclic amines) is 1. The Morgan fingerprint density at radius 3 is 1.72 bits per heavy atom. The quantitative estimate of drug-likeness (QED) is 0.434. The summed E-state index contributed by atoms with van der Waals surface area (Å²) in [5.41, 5.74) is 0.672. The van der Waals surface area contributed by atoms with Crippen LogP contribution in [0.4, 0.5) is 0 Å². The van der Waals surface area contributed by atoms with Crippen molar-refractivity contribution in [2.45, 2.75) is 122 Å². The lowest BCUT2D eigenvalue weighted by molar-refractivity contribution is -0.0491. The fraction of sp³-hybridized carbons (Fsp3) is 0.926. The summed E-state index contributed by atoms with van der Waals surface area (Å²) in [6.45, 7) is 13.0. The Hall–Kier alpha value is -0.340. The second kappa shape index (κ2) is 9.86. The summed E-state index contributed by atoms with van der Waals surface area (Å²) in [5.74, 6) is 3.52. The van der Waals surface area contributed by atoms with Gasteiger partial charge in [-0.3, -0.25) is 4.90 Å². The van der Waals surface area contributed by atoms with E-state index in [0.29, 0.717) is 17.2 Å². The third kappa shape index (κ3) is 6.10. The molecule has 2 aliphatic carbocycles. The first-order valence-electron chi connectivity index (χ1n) is 12.7. The highest BCUT2D eigenvalue weighted by Gasteiger charge is 2.45. The molecule has 0 radical (unpaired) electrons. The van der Waals surface area contributed by atoms with E-state index in [-0.39, 0.29) is 0 Å². The number of piperidine rings is 1. The van der Waals surface area contributed by atoms with Crippen LogP contribution in [-0.2, 0) is 4.74 Å². The van der Waals surface area contributed by atoms with Gasteiger partial charge < -0.3 is 4.74 Å². The van der Waals surface area contributed by atoms with Gasteiger partial charge in [0.1, 0.15) is 0 Å². The van der Waals surface area contributed by atoms with E-state index in [1.807, 2.05) is 0 Å². The predicted molar refractivity (Wildman–Crippen MR) is 125 cm³/mol. The Kier molecular flexibility index (Phi) is 7.93. The van der Waals surface area contributed by atoms with E-state index < -0.39 is 0 Å². The second-order valence-electron chi connectivity index (χ2n) is 11.8. The van der Waals surface area contributed by atoms with Crippen LogP contribution in [0, 0.1) is 23.7 Å². The van der Waals surface area contributed by atoms with Gasteiger partial charge in [0, 0.05) is 17.7 Å². The van der Waals surface area contributed by atoms with Crippen LogP contribution in [0.5, 0.6) is 0 Å². The van der Waals surface area contributed by atoms with Crippen LogP contribution in [0.15, 0.2) is 12.2 Å². The lowest BCUT2D eigenvalue weighted by Crippen LogP contribution is -2.59. The molecule has 3 aliphatic rings. The maximum Gasteiger partial charge on any atom is 0.0575 e. The lowest BCUT2D eigenvalue weighted by Gasteiger charge is -2.55. The Balaban J connectivity index is 1.42. The summed E-state index contributed by atoms with van der Waals surface area (Å²) in [5, 5.41) is 0. The Labute approximate surface area is 181 Å². The van der Waals surface area contributed by atoms with E-state index in [4.69, 9.17) is 4.74 Å². The average molecular weight is 404 g/mol. The minimum Gasteiger partial charge on any atom is -0.378 e. The van der Waals surface area contributed by atoms with Crippen molar-refractivity contribution in [3.63, 3.8) is 0 Å². The lowest BCUT2D eigenvalue weighted by atomic mass is 9.65. The molecule has 2 saturated carbocycles. The van der Waals surface area contributed by atoms with Crippen molar-refractivity contribution >= 4 is 0 Å². The fourth-order valence-corrected chi connectivity index (χ4v) is 6.64. The molecule has 0 spiro atoms. The minimum absolute atomic E-state index is 0.336. The van der Waals surface area contributed by atoms with Gasteiger partial charge in [-0.15, -0.1) is 0 Å². The topological polar surface area (TPSA) is 12.5 Å². The van der Waals surface area contributed by atoms with Gasteiger partial charge >= 0.3 is 0 Å². The van der Waals surface area contributed by atoms with E-state index in [1.54, 1.807) is 0 Å². The maximum atomic E-state index is 5.95. The molecule has 0 aromatic heterocycles. The van der Waals surface area contributed by atoms with Crippen molar-refractivity contribution in [2.75, 3.05) is 13.7 Å². The van der Waals surface area contributed by atoms with Crippen molar-refractivity contribution in [1.82, 2.24) is 4.90 Å². The molecule has 168 valence electrons. The van der Waals surface area contributed by atoms with Gasteiger partial charge in [-0.05, 0) is 129 Å². The molecule has 0 N–H and O–H groups in total. The molecule has 2 heteroatoms. The summed E-state index contributed by atoms with van der Waals surface area (Å²) in [6.07, 6.45) is 20.6. The van der Waals surface area contributed by atoms with Gasteiger partial charge in [0.05, 0.1) is 6.10 Å². The van der Waals surface area contributed by atoms with Crippen LogP contribution in [0.25, 0.3) is 0 Å². The zero-order valence-corrected chi connectivity index (χ0v) is 20.4. The number of rotatable bonds is 6. The molecule has 0 aromatic rings. The number of hydrogen-bond acceptors (Lipinski definition) is 2. The zero-order valence-electron chi connectivity index (χ0n) is 20.4. The van der Waals surface area contributed by atoms with E-state index in [9.17, 15) is 0 Å². The predicted octanol–water partition coefficient (Wildman–Crippen LogP) is 7.23. The fourth-order valence-electron chi connectivity index (χ4n) is 6.64. The van der Waals surface area contributed by atoms with Crippen LogP contribution in [0.1, 0.15) is 105 Å². The number of hydrogen-bond donors (Lipinski definition) is 0. The Morgan fingerprint density at radius 2 is 1.24 bits per heavy atom. The first-order valence-corrected chi connectivity index (χ1v) is 12.7. The van der Waals surface area contributed by atoms with Crippen molar-refractivity contribution in [2.24, 2.45) is 23.7 Å². The molecule has 1 saturated heterocycles. The summed E-state index contributed by atoms with van der Waals surface area (Å²) >= 11 is 0. The number of allylic oxidation sites excluding steroid dienone is 2. The average Bonchev–Trinajstić information content (AvgIpc) is 2.69. The normalized spacial score (nSPS) is 36.5. The highest BCUT2D eigenvalue weighted by atomic mass is 16.5. The molecular weight excluding hydrogens is 354 g/mol. The third-order valence-corrected chi connectivity index (χ3v) is 8.75. The first-order chi connectivity index (χ1) is 13.7. The molecule has 0 bridgehead atoms. The van der Waals surface area contributed by atoms with Crippen LogP contribution in [0.3, 0.4) is 0 Å². The molecule has 0 unspecified atom stereocenters. The Morgan fingerprint density at radius 1 is 0.759 bits per heavy atom. The van der Waals surface area contributed by atoms with Gasteiger partial charge in [0.2, 0.25) is 0 Å². The highest BCUT2D eigenvalue weighted by Crippen LogP contribution is 2.47. The highest BCUT2D eigenvalue weighted by molar-refractivity contribution is 5.02. The van der Waals surface area contributed by atoms with Crippen molar-refractivity contribution in [1.29, 1.82) is 0 Å². The van der Waals surface area contributed by atoms with E-state index in [2.05, 4.69) is 58.7 Å². The van der Waals surface area contributed by atoms with E-state index >= 15 is 0 Å². The maximum absolute atomic E-state index is 5.95.